The molecule has 0 amide bonds. The SMILES string of the molecule is Cc1ccc([N+](=O)[O-])c(Oc2nccc(C)c2C#N)c1. The minimum Gasteiger partial charge on any atom is -0.430 e. The van der Waals surface area contributed by atoms with Gasteiger partial charge in [0.2, 0.25) is 11.6 Å². The van der Waals surface area contributed by atoms with Crippen molar-refractivity contribution in [2.24, 2.45) is 0 Å². The van der Waals surface area contributed by atoms with Crippen LogP contribution in [0.3, 0.4) is 0 Å². The maximum atomic E-state index is 11.0. The van der Waals surface area contributed by atoms with Crippen molar-refractivity contribution < 1.29 is 9.66 Å². The fraction of sp³-hybridized carbons (Fsp3) is 0.143. The lowest BCUT2D eigenvalue weighted by molar-refractivity contribution is -0.385. The Balaban J connectivity index is 2.51. The summed E-state index contributed by atoms with van der Waals surface area (Å²) in [7, 11) is 0. The van der Waals surface area contributed by atoms with E-state index in [1.807, 2.05) is 6.07 Å². The summed E-state index contributed by atoms with van der Waals surface area (Å²) < 4.78 is 5.48. The molecule has 0 bridgehead atoms. The summed E-state index contributed by atoms with van der Waals surface area (Å²) >= 11 is 0. The molecule has 6 nitrogen and oxygen atoms in total. The number of nitriles is 1. The molecule has 0 fully saturated rings. The highest BCUT2D eigenvalue weighted by Gasteiger charge is 2.18. The first-order chi connectivity index (χ1) is 9.52. The van der Waals surface area contributed by atoms with Crippen LogP contribution in [0.15, 0.2) is 30.5 Å². The van der Waals surface area contributed by atoms with Crippen LogP contribution in [0, 0.1) is 35.3 Å². The van der Waals surface area contributed by atoms with Gasteiger partial charge in [-0.05, 0) is 37.1 Å². The predicted octanol–water partition coefficient (Wildman–Crippen LogP) is 3.27. The fourth-order valence-electron chi connectivity index (χ4n) is 1.70. The van der Waals surface area contributed by atoms with Gasteiger partial charge in [-0.1, -0.05) is 6.07 Å². The third-order valence-electron chi connectivity index (χ3n) is 2.75. The Morgan fingerprint density at radius 1 is 1.35 bits per heavy atom. The first-order valence-corrected chi connectivity index (χ1v) is 5.81. The highest BCUT2D eigenvalue weighted by atomic mass is 16.6. The van der Waals surface area contributed by atoms with Crippen LogP contribution in [0.5, 0.6) is 11.6 Å². The van der Waals surface area contributed by atoms with Crippen molar-refractivity contribution in [1.82, 2.24) is 4.98 Å². The molecule has 0 saturated heterocycles. The molecule has 0 aliphatic carbocycles. The Hall–Kier alpha value is -2.94. The van der Waals surface area contributed by atoms with E-state index in [-0.39, 0.29) is 22.9 Å². The summed E-state index contributed by atoms with van der Waals surface area (Å²) in [5.74, 6) is 0.144. The summed E-state index contributed by atoms with van der Waals surface area (Å²) in [6.45, 7) is 3.54. The van der Waals surface area contributed by atoms with E-state index in [2.05, 4.69) is 4.98 Å². The first-order valence-electron chi connectivity index (χ1n) is 5.81. The summed E-state index contributed by atoms with van der Waals surface area (Å²) in [5.41, 5.74) is 1.62. The van der Waals surface area contributed by atoms with Crippen LogP contribution < -0.4 is 4.74 Å². The Kier molecular flexibility index (Phi) is 3.62. The number of hydrogen-bond donors (Lipinski definition) is 0. The van der Waals surface area contributed by atoms with Gasteiger partial charge in [0.25, 0.3) is 0 Å². The number of hydrogen-bond acceptors (Lipinski definition) is 5. The van der Waals surface area contributed by atoms with Crippen molar-refractivity contribution in [2.75, 3.05) is 0 Å². The third-order valence-corrected chi connectivity index (χ3v) is 2.75. The maximum Gasteiger partial charge on any atom is 0.311 e. The van der Waals surface area contributed by atoms with Crippen molar-refractivity contribution in [3.63, 3.8) is 0 Å². The van der Waals surface area contributed by atoms with E-state index >= 15 is 0 Å². The molecular formula is C14H11N3O3. The van der Waals surface area contributed by atoms with Gasteiger partial charge >= 0.3 is 5.69 Å². The van der Waals surface area contributed by atoms with Crippen LogP contribution in [-0.4, -0.2) is 9.91 Å². The van der Waals surface area contributed by atoms with E-state index in [4.69, 9.17) is 10.00 Å². The summed E-state index contributed by atoms with van der Waals surface area (Å²) in [6.07, 6.45) is 1.49. The average molecular weight is 269 g/mol. The molecule has 0 radical (unpaired) electrons. The minimum atomic E-state index is -0.531. The van der Waals surface area contributed by atoms with Crippen LogP contribution in [0.1, 0.15) is 16.7 Å². The molecule has 0 unspecified atom stereocenters. The standard InChI is InChI=1S/C14H11N3O3/c1-9-3-4-12(17(18)19)13(7-9)20-14-11(8-15)10(2)5-6-16-14/h3-7H,1-2H3. The molecular weight excluding hydrogens is 258 g/mol. The second kappa shape index (κ2) is 5.36. The second-order valence-corrected chi connectivity index (χ2v) is 4.25. The topological polar surface area (TPSA) is 89.1 Å². The van der Waals surface area contributed by atoms with E-state index < -0.39 is 4.92 Å². The number of nitrogens with zero attached hydrogens (tertiary/aromatic N) is 3. The van der Waals surface area contributed by atoms with Crippen LogP contribution in [-0.2, 0) is 0 Å². The molecule has 0 atom stereocenters. The molecule has 20 heavy (non-hydrogen) atoms. The Labute approximate surface area is 115 Å². The number of aromatic nitrogens is 1. The smallest absolute Gasteiger partial charge is 0.311 e. The number of pyridine rings is 1. The first kappa shape index (κ1) is 13.5. The molecule has 0 aliphatic rings. The van der Waals surface area contributed by atoms with Gasteiger partial charge in [-0.25, -0.2) is 4.98 Å². The zero-order valence-corrected chi connectivity index (χ0v) is 11.0. The summed E-state index contributed by atoms with van der Waals surface area (Å²) in [5, 5.41) is 20.1. The van der Waals surface area contributed by atoms with Gasteiger partial charge < -0.3 is 4.74 Å². The predicted molar refractivity (Wildman–Crippen MR) is 71.6 cm³/mol. The fourth-order valence-corrected chi connectivity index (χ4v) is 1.70. The highest BCUT2D eigenvalue weighted by molar-refractivity contribution is 5.52. The van der Waals surface area contributed by atoms with Crippen molar-refractivity contribution in [2.45, 2.75) is 13.8 Å². The number of rotatable bonds is 3. The largest absolute Gasteiger partial charge is 0.430 e. The van der Waals surface area contributed by atoms with Gasteiger partial charge in [-0.3, -0.25) is 10.1 Å². The van der Waals surface area contributed by atoms with Crippen LogP contribution in [0.4, 0.5) is 5.69 Å². The Morgan fingerprint density at radius 2 is 2.10 bits per heavy atom. The van der Waals surface area contributed by atoms with Crippen molar-refractivity contribution in [3.05, 3.63) is 57.3 Å². The van der Waals surface area contributed by atoms with Gasteiger partial charge in [-0.2, -0.15) is 5.26 Å². The van der Waals surface area contributed by atoms with Gasteiger partial charge in [-0.15, -0.1) is 0 Å². The quantitative estimate of drug-likeness (QED) is 0.630. The van der Waals surface area contributed by atoms with Crippen LogP contribution in [0.25, 0.3) is 0 Å². The lowest BCUT2D eigenvalue weighted by atomic mass is 10.1. The van der Waals surface area contributed by atoms with E-state index in [0.717, 1.165) is 5.56 Å². The molecule has 100 valence electrons. The number of aryl methyl sites for hydroxylation is 2. The number of benzene rings is 1. The van der Waals surface area contributed by atoms with Gasteiger partial charge in [0.1, 0.15) is 11.6 Å². The second-order valence-electron chi connectivity index (χ2n) is 4.25. The molecule has 2 rings (SSSR count). The zero-order chi connectivity index (χ0) is 14.7. The lowest BCUT2D eigenvalue weighted by Crippen LogP contribution is -1.98. The van der Waals surface area contributed by atoms with Gasteiger partial charge in [0.05, 0.1) is 4.92 Å². The zero-order valence-electron chi connectivity index (χ0n) is 11.0. The van der Waals surface area contributed by atoms with Gasteiger partial charge in [0, 0.05) is 12.3 Å². The molecule has 1 aromatic heterocycles. The number of nitro groups is 1. The lowest BCUT2D eigenvalue weighted by Gasteiger charge is -2.08. The summed E-state index contributed by atoms with van der Waals surface area (Å²) in [6, 6.07) is 8.20. The van der Waals surface area contributed by atoms with Gasteiger partial charge in [0.15, 0.2) is 0 Å². The van der Waals surface area contributed by atoms with E-state index in [1.54, 1.807) is 32.0 Å². The molecule has 1 aromatic carbocycles. The normalized spacial score (nSPS) is 9.85. The minimum absolute atomic E-state index is 0.0706. The van der Waals surface area contributed by atoms with Crippen LogP contribution in [0.2, 0.25) is 0 Å². The Morgan fingerprint density at radius 3 is 2.75 bits per heavy atom. The Bertz CT molecular complexity index is 720. The number of nitro benzene ring substituents is 1. The summed E-state index contributed by atoms with van der Waals surface area (Å²) in [4.78, 5) is 14.4. The molecule has 6 heteroatoms. The average Bonchev–Trinajstić information content (AvgIpc) is 2.38. The molecule has 0 spiro atoms. The molecule has 1 heterocycles. The van der Waals surface area contributed by atoms with Crippen molar-refractivity contribution in [3.8, 4) is 17.7 Å². The monoisotopic (exact) mass is 269 g/mol. The van der Waals surface area contributed by atoms with Crippen molar-refractivity contribution in [1.29, 1.82) is 5.26 Å². The van der Waals surface area contributed by atoms with Crippen molar-refractivity contribution >= 4 is 5.69 Å². The highest BCUT2D eigenvalue weighted by Crippen LogP contribution is 2.33. The molecule has 0 N–H and O–H groups in total. The molecule has 2 aromatic rings. The molecule has 0 aliphatic heterocycles. The number of ether oxygens (including phenoxy) is 1. The molecule has 0 saturated carbocycles. The van der Waals surface area contributed by atoms with Crippen LogP contribution >= 0.6 is 0 Å². The van der Waals surface area contributed by atoms with E-state index in [0.29, 0.717) is 5.56 Å². The van der Waals surface area contributed by atoms with E-state index in [9.17, 15) is 10.1 Å². The maximum absolute atomic E-state index is 11.0. The van der Waals surface area contributed by atoms with E-state index in [1.165, 1.54) is 12.3 Å². The third kappa shape index (κ3) is 2.57.